The molecular weight excluding hydrogens is 455 g/mol. The van der Waals surface area contributed by atoms with E-state index in [0.29, 0.717) is 17.6 Å². The maximum atomic E-state index is 13.0. The molecule has 1 aromatic heterocycles. The standard InChI is InChI=1S/C27H30F3N3O2/c1-17-13-21(16-26(2,3)15-17)33-23-11-5-18(6-12-24(34)35-4)14-22(23)32-25(33)31-20-9-7-19(8-10-20)27(28,29)30/h5-12,14,17,21H,13,15-16H2,1-4H3,(H,31,32)/b12-6+/t17-,21+/m0/s1. The maximum Gasteiger partial charge on any atom is 0.416 e. The van der Waals surface area contributed by atoms with E-state index in [9.17, 15) is 18.0 Å². The third kappa shape index (κ3) is 5.69. The van der Waals surface area contributed by atoms with E-state index < -0.39 is 17.7 Å². The molecule has 0 aliphatic heterocycles. The minimum Gasteiger partial charge on any atom is -0.466 e. The predicted molar refractivity (Wildman–Crippen MR) is 131 cm³/mol. The Hall–Kier alpha value is -3.29. The van der Waals surface area contributed by atoms with E-state index in [1.165, 1.54) is 25.3 Å². The Morgan fingerprint density at radius 2 is 1.89 bits per heavy atom. The molecule has 2 atom stereocenters. The van der Waals surface area contributed by atoms with E-state index >= 15 is 0 Å². The molecule has 0 bridgehead atoms. The largest absolute Gasteiger partial charge is 0.466 e. The summed E-state index contributed by atoms with van der Waals surface area (Å²) in [5.74, 6) is 0.671. The van der Waals surface area contributed by atoms with Crippen LogP contribution in [0.1, 0.15) is 57.2 Å². The van der Waals surface area contributed by atoms with Gasteiger partial charge in [0, 0.05) is 17.8 Å². The summed E-state index contributed by atoms with van der Waals surface area (Å²) in [6, 6.07) is 10.9. The van der Waals surface area contributed by atoms with Crippen molar-refractivity contribution in [1.82, 2.24) is 9.55 Å². The number of nitrogens with one attached hydrogen (secondary N) is 1. The first-order valence-corrected chi connectivity index (χ1v) is 11.7. The molecule has 186 valence electrons. The molecule has 0 spiro atoms. The van der Waals surface area contributed by atoms with Crippen LogP contribution in [0.3, 0.4) is 0 Å². The Balaban J connectivity index is 1.75. The number of fused-ring (bicyclic) bond motifs is 1. The number of hydrogen-bond acceptors (Lipinski definition) is 4. The summed E-state index contributed by atoms with van der Waals surface area (Å²) >= 11 is 0. The van der Waals surface area contributed by atoms with E-state index in [2.05, 4.69) is 35.4 Å². The van der Waals surface area contributed by atoms with Gasteiger partial charge in [-0.15, -0.1) is 0 Å². The lowest BCUT2D eigenvalue weighted by molar-refractivity contribution is -0.137. The quantitative estimate of drug-likeness (QED) is 0.303. The number of ether oxygens (including phenoxy) is 1. The summed E-state index contributed by atoms with van der Waals surface area (Å²) in [6.45, 7) is 6.80. The van der Waals surface area contributed by atoms with Crippen LogP contribution in [-0.2, 0) is 15.7 Å². The van der Waals surface area contributed by atoms with Crippen molar-refractivity contribution in [3.63, 3.8) is 0 Å². The van der Waals surface area contributed by atoms with Gasteiger partial charge in [0.25, 0.3) is 0 Å². The monoisotopic (exact) mass is 485 g/mol. The number of nitrogens with zero attached hydrogens (tertiary/aromatic N) is 2. The van der Waals surface area contributed by atoms with Gasteiger partial charge in [-0.3, -0.25) is 0 Å². The zero-order chi connectivity index (χ0) is 25.4. The van der Waals surface area contributed by atoms with Crippen molar-refractivity contribution in [3.8, 4) is 0 Å². The van der Waals surface area contributed by atoms with Crippen LogP contribution in [0.4, 0.5) is 24.8 Å². The molecule has 1 N–H and O–H groups in total. The smallest absolute Gasteiger partial charge is 0.416 e. The Morgan fingerprint density at radius 3 is 2.51 bits per heavy atom. The summed E-state index contributed by atoms with van der Waals surface area (Å²) in [4.78, 5) is 16.3. The van der Waals surface area contributed by atoms with Gasteiger partial charge in [-0.2, -0.15) is 13.2 Å². The van der Waals surface area contributed by atoms with E-state index in [0.717, 1.165) is 48.0 Å². The fourth-order valence-corrected chi connectivity index (χ4v) is 5.27. The summed E-state index contributed by atoms with van der Waals surface area (Å²) in [7, 11) is 1.32. The molecule has 0 amide bonds. The van der Waals surface area contributed by atoms with Crippen LogP contribution in [0.25, 0.3) is 17.1 Å². The third-order valence-corrected chi connectivity index (χ3v) is 6.52. The zero-order valence-electron chi connectivity index (χ0n) is 20.3. The minimum absolute atomic E-state index is 0.160. The van der Waals surface area contributed by atoms with Crippen molar-refractivity contribution in [2.45, 2.75) is 52.3 Å². The molecule has 4 rings (SSSR count). The highest BCUT2D eigenvalue weighted by Crippen LogP contribution is 2.46. The van der Waals surface area contributed by atoms with Gasteiger partial charge in [0.2, 0.25) is 5.95 Å². The van der Waals surface area contributed by atoms with Crippen LogP contribution in [0.15, 0.2) is 48.5 Å². The van der Waals surface area contributed by atoms with Crippen LogP contribution in [-0.4, -0.2) is 22.6 Å². The topological polar surface area (TPSA) is 56.1 Å². The fourth-order valence-electron chi connectivity index (χ4n) is 5.27. The third-order valence-electron chi connectivity index (χ3n) is 6.52. The van der Waals surface area contributed by atoms with Crippen LogP contribution in [0.5, 0.6) is 0 Å². The van der Waals surface area contributed by atoms with Crippen LogP contribution in [0.2, 0.25) is 0 Å². The molecule has 8 heteroatoms. The minimum atomic E-state index is -4.39. The number of imidazole rings is 1. The molecule has 0 unspecified atom stereocenters. The van der Waals surface area contributed by atoms with Gasteiger partial charge in [-0.05, 0) is 78.6 Å². The number of hydrogen-bond donors (Lipinski definition) is 1. The molecule has 1 aliphatic carbocycles. The lowest BCUT2D eigenvalue weighted by Gasteiger charge is -2.40. The van der Waals surface area contributed by atoms with Crippen LogP contribution >= 0.6 is 0 Å². The lowest BCUT2D eigenvalue weighted by Crippen LogP contribution is -2.29. The molecule has 1 aliphatic rings. The number of methoxy groups -OCH3 is 1. The molecule has 0 saturated heterocycles. The first-order chi connectivity index (χ1) is 16.4. The molecule has 1 fully saturated rings. The van der Waals surface area contributed by atoms with E-state index in [-0.39, 0.29) is 11.5 Å². The average Bonchev–Trinajstić information content (AvgIpc) is 3.12. The second-order valence-corrected chi connectivity index (χ2v) is 10.2. The number of halogens is 3. The highest BCUT2D eigenvalue weighted by Gasteiger charge is 2.35. The Morgan fingerprint density at radius 1 is 1.17 bits per heavy atom. The van der Waals surface area contributed by atoms with Gasteiger partial charge < -0.3 is 14.6 Å². The second kappa shape index (κ2) is 9.40. The van der Waals surface area contributed by atoms with Crippen molar-refractivity contribution < 1.29 is 22.7 Å². The molecule has 3 aromatic rings. The molecule has 1 saturated carbocycles. The van der Waals surface area contributed by atoms with Gasteiger partial charge in [0.15, 0.2) is 0 Å². The number of alkyl halides is 3. The number of rotatable bonds is 5. The number of anilines is 2. The normalized spacial score (nSPS) is 20.3. The van der Waals surface area contributed by atoms with Crippen LogP contribution in [0, 0.1) is 11.3 Å². The van der Waals surface area contributed by atoms with Gasteiger partial charge in [-0.1, -0.05) is 26.8 Å². The second-order valence-electron chi connectivity index (χ2n) is 10.2. The molecule has 2 aromatic carbocycles. The highest BCUT2D eigenvalue weighted by atomic mass is 19.4. The fraction of sp³-hybridized carbons (Fsp3) is 0.407. The highest BCUT2D eigenvalue weighted by molar-refractivity contribution is 5.88. The number of esters is 1. The van der Waals surface area contributed by atoms with Gasteiger partial charge in [0.05, 0.1) is 23.7 Å². The molecule has 35 heavy (non-hydrogen) atoms. The van der Waals surface area contributed by atoms with E-state index in [1.54, 1.807) is 6.08 Å². The Bertz CT molecular complexity index is 1240. The molecule has 1 heterocycles. The zero-order valence-corrected chi connectivity index (χ0v) is 20.3. The first kappa shape index (κ1) is 24.8. The van der Waals surface area contributed by atoms with Crippen molar-refractivity contribution in [2.75, 3.05) is 12.4 Å². The van der Waals surface area contributed by atoms with E-state index in [4.69, 9.17) is 4.98 Å². The number of benzene rings is 2. The van der Waals surface area contributed by atoms with Gasteiger partial charge in [-0.25, -0.2) is 9.78 Å². The summed E-state index contributed by atoms with van der Waals surface area (Å²) < 4.78 is 45.9. The van der Waals surface area contributed by atoms with Crippen molar-refractivity contribution >= 4 is 34.7 Å². The molecule has 0 radical (unpaired) electrons. The Labute approximate surface area is 203 Å². The van der Waals surface area contributed by atoms with Crippen molar-refractivity contribution in [1.29, 1.82) is 0 Å². The summed E-state index contributed by atoms with van der Waals surface area (Å²) in [5, 5.41) is 3.25. The first-order valence-electron chi connectivity index (χ1n) is 11.7. The van der Waals surface area contributed by atoms with Gasteiger partial charge in [0.1, 0.15) is 0 Å². The lowest BCUT2D eigenvalue weighted by atomic mass is 9.70. The molecule has 5 nitrogen and oxygen atoms in total. The SMILES string of the molecule is COC(=O)/C=C/c1ccc2c(c1)nc(Nc1ccc(C(F)(F)F)cc1)n2[C@@H]1C[C@H](C)CC(C)(C)C1. The van der Waals surface area contributed by atoms with Crippen molar-refractivity contribution in [3.05, 3.63) is 59.7 Å². The number of aromatic nitrogens is 2. The maximum absolute atomic E-state index is 13.0. The number of carbonyl (C=O) groups is 1. The number of carbonyl (C=O) groups excluding carboxylic acids is 1. The van der Waals surface area contributed by atoms with Gasteiger partial charge >= 0.3 is 12.1 Å². The summed E-state index contributed by atoms with van der Waals surface area (Å²) in [6.07, 6.45) is 1.73. The van der Waals surface area contributed by atoms with E-state index in [1.807, 2.05) is 18.2 Å². The Kier molecular flexibility index (Phi) is 6.66. The van der Waals surface area contributed by atoms with Crippen molar-refractivity contribution in [2.24, 2.45) is 11.3 Å². The summed E-state index contributed by atoms with van der Waals surface area (Å²) in [5.41, 5.74) is 2.47. The van der Waals surface area contributed by atoms with Crippen LogP contribution < -0.4 is 5.32 Å². The average molecular weight is 486 g/mol. The predicted octanol–water partition coefficient (Wildman–Crippen LogP) is 7.37. The molecular formula is C27H30F3N3O2.